The quantitative estimate of drug-likeness (QED) is 0.884. The number of halogens is 2. The third-order valence-electron chi connectivity index (χ3n) is 2.34. The third kappa shape index (κ3) is 2.78. The van der Waals surface area contributed by atoms with Gasteiger partial charge in [-0.1, -0.05) is 11.6 Å². The maximum atomic E-state index is 13.0. The highest BCUT2D eigenvalue weighted by Crippen LogP contribution is 2.23. The standard InChI is InChI=1S/C13H9ClFNO2/c14-8-1-4-10(5-2-8)16-12-6-3-9(15)7-11(12)13(17)18/h1-7,16H,(H,17,18). The summed E-state index contributed by atoms with van der Waals surface area (Å²) in [5, 5.41) is 12.5. The predicted octanol–water partition coefficient (Wildman–Crippen LogP) is 3.92. The van der Waals surface area contributed by atoms with E-state index in [1.54, 1.807) is 24.3 Å². The highest BCUT2D eigenvalue weighted by atomic mass is 35.5. The Hall–Kier alpha value is -2.07. The first kappa shape index (κ1) is 12.4. The molecule has 0 amide bonds. The number of carboxylic acid groups (broad SMARTS) is 1. The van der Waals surface area contributed by atoms with Crippen molar-refractivity contribution < 1.29 is 14.3 Å². The maximum absolute atomic E-state index is 13.0. The van der Waals surface area contributed by atoms with Crippen LogP contribution in [0.4, 0.5) is 15.8 Å². The van der Waals surface area contributed by atoms with E-state index in [4.69, 9.17) is 16.7 Å². The molecule has 18 heavy (non-hydrogen) atoms. The first-order chi connectivity index (χ1) is 8.56. The zero-order valence-corrected chi connectivity index (χ0v) is 9.91. The molecule has 0 aliphatic heterocycles. The van der Waals surface area contributed by atoms with E-state index < -0.39 is 11.8 Å². The van der Waals surface area contributed by atoms with Gasteiger partial charge in [-0.3, -0.25) is 0 Å². The highest BCUT2D eigenvalue weighted by Gasteiger charge is 2.11. The summed E-state index contributed by atoms with van der Waals surface area (Å²) < 4.78 is 13.0. The Balaban J connectivity index is 2.34. The lowest BCUT2D eigenvalue weighted by atomic mass is 10.1. The second kappa shape index (κ2) is 5.06. The molecule has 2 N–H and O–H groups in total. The van der Waals surface area contributed by atoms with Crippen LogP contribution in [0.1, 0.15) is 10.4 Å². The lowest BCUT2D eigenvalue weighted by molar-refractivity contribution is 0.0697. The number of carboxylic acids is 1. The number of aromatic carboxylic acids is 1. The van der Waals surface area contributed by atoms with E-state index in [9.17, 15) is 9.18 Å². The van der Waals surface area contributed by atoms with E-state index >= 15 is 0 Å². The van der Waals surface area contributed by atoms with Crippen molar-refractivity contribution in [2.75, 3.05) is 5.32 Å². The van der Waals surface area contributed by atoms with Crippen molar-refractivity contribution >= 4 is 28.9 Å². The van der Waals surface area contributed by atoms with E-state index in [-0.39, 0.29) is 5.56 Å². The molecule has 92 valence electrons. The largest absolute Gasteiger partial charge is 0.478 e. The van der Waals surface area contributed by atoms with Crippen molar-refractivity contribution in [3.05, 3.63) is 58.9 Å². The summed E-state index contributed by atoms with van der Waals surface area (Å²) in [7, 11) is 0. The minimum absolute atomic E-state index is 0.120. The summed E-state index contributed by atoms with van der Waals surface area (Å²) in [6.07, 6.45) is 0. The van der Waals surface area contributed by atoms with E-state index in [0.717, 1.165) is 6.07 Å². The first-order valence-electron chi connectivity index (χ1n) is 5.12. The molecule has 3 nitrogen and oxygen atoms in total. The topological polar surface area (TPSA) is 49.3 Å². The maximum Gasteiger partial charge on any atom is 0.337 e. The minimum atomic E-state index is -1.19. The fourth-order valence-electron chi connectivity index (χ4n) is 1.49. The molecule has 0 spiro atoms. The molecule has 2 aromatic rings. The summed E-state index contributed by atoms with van der Waals surface area (Å²) >= 11 is 5.75. The van der Waals surface area contributed by atoms with Crippen molar-refractivity contribution in [1.29, 1.82) is 0 Å². The molecule has 0 saturated carbocycles. The van der Waals surface area contributed by atoms with Gasteiger partial charge in [0, 0.05) is 10.7 Å². The smallest absolute Gasteiger partial charge is 0.337 e. The van der Waals surface area contributed by atoms with Gasteiger partial charge in [-0.2, -0.15) is 0 Å². The minimum Gasteiger partial charge on any atom is -0.478 e. The number of nitrogens with one attached hydrogen (secondary N) is 1. The Morgan fingerprint density at radius 2 is 1.83 bits per heavy atom. The summed E-state index contributed by atoms with van der Waals surface area (Å²) in [5.74, 6) is -1.78. The van der Waals surface area contributed by atoms with Crippen LogP contribution in [-0.4, -0.2) is 11.1 Å². The fourth-order valence-corrected chi connectivity index (χ4v) is 1.62. The molecule has 0 heterocycles. The molecular formula is C13H9ClFNO2. The van der Waals surface area contributed by atoms with Crippen LogP contribution in [0.25, 0.3) is 0 Å². The highest BCUT2D eigenvalue weighted by molar-refractivity contribution is 6.30. The molecule has 0 fully saturated rings. The molecule has 2 rings (SSSR count). The van der Waals surface area contributed by atoms with Gasteiger partial charge in [0.1, 0.15) is 5.82 Å². The van der Waals surface area contributed by atoms with Gasteiger partial charge in [-0.15, -0.1) is 0 Å². The molecule has 0 aromatic heterocycles. The second-order valence-corrected chi connectivity index (χ2v) is 4.06. The van der Waals surface area contributed by atoms with Crippen LogP contribution < -0.4 is 5.32 Å². The fraction of sp³-hybridized carbons (Fsp3) is 0. The first-order valence-corrected chi connectivity index (χ1v) is 5.49. The molecule has 0 aliphatic rings. The Bertz CT molecular complexity index is 584. The average Bonchev–Trinajstić information content (AvgIpc) is 2.34. The summed E-state index contributed by atoms with van der Waals surface area (Å²) in [6, 6.07) is 10.3. The molecule has 0 saturated heterocycles. The van der Waals surface area contributed by atoms with Crippen LogP contribution in [0.5, 0.6) is 0 Å². The van der Waals surface area contributed by atoms with Crippen LogP contribution >= 0.6 is 11.6 Å². The Morgan fingerprint density at radius 3 is 2.44 bits per heavy atom. The zero-order valence-electron chi connectivity index (χ0n) is 9.15. The number of carbonyl (C=O) groups is 1. The molecule has 5 heteroatoms. The molecule has 0 radical (unpaired) electrons. The Labute approximate surface area is 108 Å². The van der Waals surface area contributed by atoms with Crippen molar-refractivity contribution in [1.82, 2.24) is 0 Å². The SMILES string of the molecule is O=C(O)c1cc(F)ccc1Nc1ccc(Cl)cc1. The Kier molecular flexibility index (Phi) is 3.48. The molecule has 0 aliphatic carbocycles. The molecule has 2 aromatic carbocycles. The van der Waals surface area contributed by atoms with Crippen LogP contribution in [-0.2, 0) is 0 Å². The molecule has 0 bridgehead atoms. The van der Waals surface area contributed by atoms with E-state index in [1.807, 2.05) is 0 Å². The van der Waals surface area contributed by atoms with Crippen LogP contribution in [0.15, 0.2) is 42.5 Å². The van der Waals surface area contributed by atoms with E-state index in [0.29, 0.717) is 16.4 Å². The summed E-state index contributed by atoms with van der Waals surface area (Å²) in [6.45, 7) is 0. The van der Waals surface area contributed by atoms with Crippen molar-refractivity contribution in [2.45, 2.75) is 0 Å². The van der Waals surface area contributed by atoms with Crippen LogP contribution in [0.2, 0.25) is 5.02 Å². The number of hydrogen-bond donors (Lipinski definition) is 2. The lowest BCUT2D eigenvalue weighted by Gasteiger charge is -2.09. The average molecular weight is 266 g/mol. The van der Waals surface area contributed by atoms with Gasteiger partial charge in [0.05, 0.1) is 11.3 Å². The van der Waals surface area contributed by atoms with Gasteiger partial charge in [0.2, 0.25) is 0 Å². The van der Waals surface area contributed by atoms with Gasteiger partial charge >= 0.3 is 5.97 Å². The summed E-state index contributed by atoms with van der Waals surface area (Å²) in [4.78, 5) is 11.0. The molecule has 0 atom stereocenters. The van der Waals surface area contributed by atoms with Crippen molar-refractivity contribution in [3.63, 3.8) is 0 Å². The summed E-state index contributed by atoms with van der Waals surface area (Å²) in [5.41, 5.74) is 0.879. The van der Waals surface area contributed by atoms with E-state index in [2.05, 4.69) is 5.32 Å². The van der Waals surface area contributed by atoms with Crippen LogP contribution in [0.3, 0.4) is 0 Å². The monoisotopic (exact) mass is 265 g/mol. The number of rotatable bonds is 3. The van der Waals surface area contributed by atoms with E-state index in [1.165, 1.54) is 12.1 Å². The van der Waals surface area contributed by atoms with Gasteiger partial charge in [0.15, 0.2) is 0 Å². The number of anilines is 2. The normalized spacial score (nSPS) is 10.1. The lowest BCUT2D eigenvalue weighted by Crippen LogP contribution is -2.03. The number of benzene rings is 2. The van der Waals surface area contributed by atoms with Gasteiger partial charge in [-0.25, -0.2) is 9.18 Å². The van der Waals surface area contributed by atoms with Crippen molar-refractivity contribution in [3.8, 4) is 0 Å². The predicted molar refractivity (Wildman–Crippen MR) is 68.1 cm³/mol. The Morgan fingerprint density at radius 1 is 1.17 bits per heavy atom. The van der Waals surface area contributed by atoms with Crippen molar-refractivity contribution in [2.24, 2.45) is 0 Å². The van der Waals surface area contributed by atoms with Crippen LogP contribution in [0, 0.1) is 5.82 Å². The van der Waals surface area contributed by atoms with Gasteiger partial charge in [0.25, 0.3) is 0 Å². The zero-order chi connectivity index (χ0) is 13.1. The van der Waals surface area contributed by atoms with Gasteiger partial charge in [-0.05, 0) is 42.5 Å². The molecular weight excluding hydrogens is 257 g/mol. The molecule has 0 unspecified atom stereocenters. The number of hydrogen-bond acceptors (Lipinski definition) is 2. The third-order valence-corrected chi connectivity index (χ3v) is 2.59. The second-order valence-electron chi connectivity index (χ2n) is 3.63. The van der Waals surface area contributed by atoms with Gasteiger partial charge < -0.3 is 10.4 Å².